The third-order valence-corrected chi connectivity index (χ3v) is 4.23. The van der Waals surface area contributed by atoms with Crippen molar-refractivity contribution in [1.82, 2.24) is 10.4 Å². The van der Waals surface area contributed by atoms with Gasteiger partial charge in [-0.25, -0.2) is 0 Å². The molecular formula is C17H21N3. The number of aryl methyl sites for hydroxylation is 3. The van der Waals surface area contributed by atoms with Gasteiger partial charge in [-0.15, -0.1) is 0 Å². The minimum atomic E-state index is 0.114. The highest BCUT2D eigenvalue weighted by Gasteiger charge is 2.16. The lowest BCUT2D eigenvalue weighted by Gasteiger charge is -2.18. The van der Waals surface area contributed by atoms with Crippen molar-refractivity contribution in [3.05, 3.63) is 64.5 Å². The van der Waals surface area contributed by atoms with Gasteiger partial charge >= 0.3 is 0 Å². The van der Waals surface area contributed by atoms with Crippen molar-refractivity contribution in [1.29, 1.82) is 0 Å². The summed E-state index contributed by atoms with van der Waals surface area (Å²) in [5.74, 6) is 5.76. The quantitative estimate of drug-likeness (QED) is 0.661. The fourth-order valence-electron chi connectivity index (χ4n) is 3.11. The third-order valence-electron chi connectivity index (χ3n) is 4.23. The zero-order valence-electron chi connectivity index (χ0n) is 11.9. The van der Waals surface area contributed by atoms with E-state index in [-0.39, 0.29) is 6.04 Å². The second-order valence-corrected chi connectivity index (χ2v) is 5.56. The molecule has 0 saturated carbocycles. The van der Waals surface area contributed by atoms with Crippen LogP contribution in [0.25, 0.3) is 0 Å². The van der Waals surface area contributed by atoms with Gasteiger partial charge in [0.1, 0.15) is 0 Å². The highest BCUT2D eigenvalue weighted by atomic mass is 15.2. The number of hydrogen-bond acceptors (Lipinski definition) is 3. The maximum atomic E-state index is 5.76. The van der Waals surface area contributed by atoms with E-state index in [4.69, 9.17) is 5.84 Å². The van der Waals surface area contributed by atoms with Crippen molar-refractivity contribution in [3.8, 4) is 0 Å². The first-order valence-electron chi connectivity index (χ1n) is 7.26. The van der Waals surface area contributed by atoms with Gasteiger partial charge in [0.2, 0.25) is 0 Å². The molecule has 3 N–H and O–H groups in total. The summed E-state index contributed by atoms with van der Waals surface area (Å²) in [5, 5.41) is 0. The number of nitrogens with one attached hydrogen (secondary N) is 1. The molecule has 0 spiro atoms. The molecule has 0 saturated heterocycles. The van der Waals surface area contributed by atoms with Gasteiger partial charge in [0.25, 0.3) is 0 Å². The van der Waals surface area contributed by atoms with Crippen LogP contribution < -0.4 is 11.3 Å². The van der Waals surface area contributed by atoms with Gasteiger partial charge < -0.3 is 0 Å². The molecule has 0 bridgehead atoms. The molecule has 1 aromatic heterocycles. The first kappa shape index (κ1) is 13.3. The Morgan fingerprint density at radius 3 is 2.90 bits per heavy atom. The van der Waals surface area contributed by atoms with Crippen LogP contribution in [0, 0.1) is 6.92 Å². The van der Waals surface area contributed by atoms with E-state index >= 15 is 0 Å². The SMILES string of the molecule is Cc1ncccc1C(Cc1ccc2c(c1)CCC2)NN. The lowest BCUT2D eigenvalue weighted by Crippen LogP contribution is -2.30. The van der Waals surface area contributed by atoms with Gasteiger partial charge in [0, 0.05) is 11.9 Å². The molecule has 0 radical (unpaired) electrons. The van der Waals surface area contributed by atoms with Crippen molar-refractivity contribution in [3.63, 3.8) is 0 Å². The number of hydrogen-bond donors (Lipinski definition) is 2. The maximum absolute atomic E-state index is 5.76. The molecule has 3 rings (SSSR count). The average molecular weight is 267 g/mol. The zero-order valence-corrected chi connectivity index (χ0v) is 11.9. The summed E-state index contributed by atoms with van der Waals surface area (Å²) < 4.78 is 0. The molecule has 1 atom stereocenters. The second kappa shape index (κ2) is 5.73. The van der Waals surface area contributed by atoms with Crippen LogP contribution in [0.15, 0.2) is 36.5 Å². The summed E-state index contributed by atoms with van der Waals surface area (Å²) in [6.07, 6.45) is 6.46. The number of pyridine rings is 1. The summed E-state index contributed by atoms with van der Waals surface area (Å²) in [5.41, 5.74) is 9.53. The summed E-state index contributed by atoms with van der Waals surface area (Å²) in [7, 11) is 0. The van der Waals surface area contributed by atoms with E-state index in [2.05, 4.69) is 34.7 Å². The molecule has 0 fully saturated rings. The summed E-state index contributed by atoms with van der Waals surface area (Å²) in [6.45, 7) is 2.03. The van der Waals surface area contributed by atoms with E-state index in [9.17, 15) is 0 Å². The molecule has 2 aromatic rings. The van der Waals surface area contributed by atoms with E-state index in [0.717, 1.165) is 12.1 Å². The van der Waals surface area contributed by atoms with Crippen LogP contribution in [-0.2, 0) is 19.3 Å². The Bertz CT molecular complexity index is 607. The molecule has 1 aliphatic carbocycles. The van der Waals surface area contributed by atoms with Gasteiger partial charge in [0.05, 0.1) is 6.04 Å². The van der Waals surface area contributed by atoms with Crippen LogP contribution in [0.1, 0.15) is 40.4 Å². The highest BCUT2D eigenvalue weighted by Crippen LogP contribution is 2.26. The van der Waals surface area contributed by atoms with Crippen LogP contribution in [0.4, 0.5) is 0 Å². The number of rotatable bonds is 4. The Morgan fingerprint density at radius 2 is 2.10 bits per heavy atom. The fourth-order valence-corrected chi connectivity index (χ4v) is 3.11. The molecule has 3 nitrogen and oxygen atoms in total. The molecule has 3 heteroatoms. The van der Waals surface area contributed by atoms with Crippen LogP contribution >= 0.6 is 0 Å². The Balaban J connectivity index is 1.83. The van der Waals surface area contributed by atoms with Crippen molar-refractivity contribution in [2.75, 3.05) is 0 Å². The Morgan fingerprint density at radius 1 is 1.25 bits per heavy atom. The zero-order chi connectivity index (χ0) is 13.9. The Kier molecular flexibility index (Phi) is 3.81. The van der Waals surface area contributed by atoms with E-state index in [0.29, 0.717) is 0 Å². The Labute approximate surface area is 120 Å². The minimum absolute atomic E-state index is 0.114. The van der Waals surface area contributed by atoms with Crippen LogP contribution in [-0.4, -0.2) is 4.98 Å². The molecule has 104 valence electrons. The molecule has 0 amide bonds. The van der Waals surface area contributed by atoms with Crippen LogP contribution in [0.3, 0.4) is 0 Å². The molecule has 1 aliphatic rings. The van der Waals surface area contributed by atoms with Crippen molar-refractivity contribution in [2.45, 2.75) is 38.6 Å². The van der Waals surface area contributed by atoms with Crippen molar-refractivity contribution < 1.29 is 0 Å². The molecule has 1 heterocycles. The molecule has 0 aliphatic heterocycles. The largest absolute Gasteiger partial charge is 0.271 e. The summed E-state index contributed by atoms with van der Waals surface area (Å²) in [6, 6.07) is 11.0. The molecule has 1 unspecified atom stereocenters. The number of benzene rings is 1. The first-order chi connectivity index (χ1) is 9.78. The smallest absolute Gasteiger partial charge is 0.0518 e. The summed E-state index contributed by atoms with van der Waals surface area (Å²) >= 11 is 0. The molecule has 20 heavy (non-hydrogen) atoms. The predicted octanol–water partition coefficient (Wildman–Crippen LogP) is 2.63. The molecular weight excluding hydrogens is 246 g/mol. The monoisotopic (exact) mass is 267 g/mol. The van der Waals surface area contributed by atoms with Crippen molar-refractivity contribution >= 4 is 0 Å². The first-order valence-corrected chi connectivity index (χ1v) is 7.26. The van der Waals surface area contributed by atoms with Gasteiger partial charge in [-0.3, -0.25) is 16.3 Å². The lowest BCUT2D eigenvalue weighted by atomic mass is 9.96. The number of aromatic nitrogens is 1. The standard InChI is InChI=1S/C17H21N3/c1-12-16(6-3-9-19-12)17(20-18)11-13-7-8-14-4-2-5-15(14)10-13/h3,6-10,17,20H,2,4-5,11,18H2,1H3. The van der Waals surface area contributed by atoms with E-state index in [1.54, 1.807) is 0 Å². The topological polar surface area (TPSA) is 50.9 Å². The lowest BCUT2D eigenvalue weighted by molar-refractivity contribution is 0.547. The van der Waals surface area contributed by atoms with Gasteiger partial charge in [-0.2, -0.15) is 0 Å². The number of nitrogens with two attached hydrogens (primary N) is 1. The Hall–Kier alpha value is -1.71. The van der Waals surface area contributed by atoms with Crippen LogP contribution in [0.5, 0.6) is 0 Å². The third kappa shape index (κ3) is 2.60. The minimum Gasteiger partial charge on any atom is -0.271 e. The van der Waals surface area contributed by atoms with Crippen LogP contribution in [0.2, 0.25) is 0 Å². The number of fused-ring (bicyclic) bond motifs is 1. The highest BCUT2D eigenvalue weighted by molar-refractivity contribution is 5.36. The van der Waals surface area contributed by atoms with Crippen molar-refractivity contribution in [2.24, 2.45) is 5.84 Å². The summed E-state index contributed by atoms with van der Waals surface area (Å²) in [4.78, 5) is 4.35. The van der Waals surface area contributed by atoms with E-state index in [1.165, 1.54) is 41.5 Å². The van der Waals surface area contributed by atoms with E-state index in [1.807, 2.05) is 19.2 Å². The van der Waals surface area contributed by atoms with Gasteiger partial charge in [-0.1, -0.05) is 24.3 Å². The normalized spacial score (nSPS) is 15.1. The van der Waals surface area contributed by atoms with Gasteiger partial charge in [-0.05, 0) is 60.9 Å². The predicted molar refractivity (Wildman–Crippen MR) is 81.2 cm³/mol. The molecule has 1 aromatic carbocycles. The second-order valence-electron chi connectivity index (χ2n) is 5.56. The average Bonchev–Trinajstić information content (AvgIpc) is 2.93. The fraction of sp³-hybridized carbons (Fsp3) is 0.353. The number of hydrazine groups is 1. The maximum Gasteiger partial charge on any atom is 0.0518 e. The van der Waals surface area contributed by atoms with E-state index < -0.39 is 0 Å². The van der Waals surface area contributed by atoms with Gasteiger partial charge in [0.15, 0.2) is 0 Å². The number of nitrogens with zero attached hydrogens (tertiary/aromatic N) is 1.